The number of rotatable bonds is 4. The molecule has 2 aliphatic heterocycles. The van der Waals surface area contributed by atoms with E-state index in [1.807, 2.05) is 12.4 Å². The van der Waals surface area contributed by atoms with Crippen molar-refractivity contribution in [3.8, 4) is 11.3 Å². The largest absolute Gasteiger partial charge is 0.354 e. The molecule has 6 rings (SSSR count). The quantitative estimate of drug-likeness (QED) is 0.460. The van der Waals surface area contributed by atoms with Crippen LogP contribution in [0.5, 0.6) is 0 Å². The van der Waals surface area contributed by atoms with Gasteiger partial charge in [-0.25, -0.2) is 17.9 Å². The summed E-state index contributed by atoms with van der Waals surface area (Å²) in [6.07, 6.45) is 9.20. The van der Waals surface area contributed by atoms with Crippen molar-refractivity contribution < 1.29 is 8.42 Å². The summed E-state index contributed by atoms with van der Waals surface area (Å²) in [4.78, 5) is 14.8. The van der Waals surface area contributed by atoms with Gasteiger partial charge in [0.1, 0.15) is 16.2 Å². The molecule has 184 valence electrons. The van der Waals surface area contributed by atoms with Crippen LogP contribution in [0.3, 0.4) is 0 Å². The molecule has 0 amide bonds. The Morgan fingerprint density at radius 2 is 1.83 bits per heavy atom. The summed E-state index contributed by atoms with van der Waals surface area (Å²) in [5, 5.41) is 5.53. The average Bonchev–Trinajstić information content (AvgIpc) is 3.48. The van der Waals surface area contributed by atoms with Gasteiger partial charge in [-0.15, -0.1) is 0 Å². The second-order valence-electron chi connectivity index (χ2n) is 10.4. The van der Waals surface area contributed by atoms with Crippen LogP contribution in [-0.2, 0) is 9.84 Å². The number of aromatic nitrogens is 5. The SMILES string of the molecule is CC(C)c1c(-c2cnc3ncnn3c2)[nH]c2ccc(C3CCN(C4CCS(=O)(=O)CC4)CC3)cc12. The fourth-order valence-electron chi connectivity index (χ4n) is 6.00. The van der Waals surface area contributed by atoms with E-state index in [0.29, 0.717) is 35.2 Å². The Labute approximate surface area is 205 Å². The molecule has 35 heavy (non-hydrogen) atoms. The van der Waals surface area contributed by atoms with E-state index in [-0.39, 0.29) is 0 Å². The van der Waals surface area contributed by atoms with Crippen molar-refractivity contribution in [2.75, 3.05) is 24.6 Å². The molecule has 0 atom stereocenters. The van der Waals surface area contributed by atoms with E-state index in [9.17, 15) is 8.42 Å². The average molecular weight is 493 g/mol. The molecule has 2 saturated heterocycles. The Balaban J connectivity index is 1.26. The maximum absolute atomic E-state index is 11.8. The van der Waals surface area contributed by atoms with Gasteiger partial charge in [-0.2, -0.15) is 10.1 Å². The van der Waals surface area contributed by atoms with E-state index in [0.717, 1.165) is 55.5 Å². The van der Waals surface area contributed by atoms with Gasteiger partial charge in [-0.3, -0.25) is 0 Å². The van der Waals surface area contributed by atoms with Crippen LogP contribution in [0.25, 0.3) is 27.9 Å². The highest BCUT2D eigenvalue weighted by atomic mass is 32.2. The maximum atomic E-state index is 11.8. The second-order valence-corrected chi connectivity index (χ2v) is 12.7. The van der Waals surface area contributed by atoms with Crippen molar-refractivity contribution in [2.45, 2.75) is 57.4 Å². The van der Waals surface area contributed by atoms with Gasteiger partial charge in [0, 0.05) is 34.9 Å². The minimum absolute atomic E-state index is 0.349. The molecule has 0 aliphatic carbocycles. The number of fused-ring (bicyclic) bond motifs is 2. The van der Waals surface area contributed by atoms with Crippen LogP contribution >= 0.6 is 0 Å². The molecule has 0 radical (unpaired) electrons. The van der Waals surface area contributed by atoms with Gasteiger partial charge < -0.3 is 9.88 Å². The molecular formula is C26H32N6O2S. The van der Waals surface area contributed by atoms with Crippen LogP contribution in [-0.4, -0.2) is 68.5 Å². The Morgan fingerprint density at radius 3 is 2.57 bits per heavy atom. The fraction of sp³-hybridized carbons (Fsp3) is 0.500. The first-order chi connectivity index (χ1) is 16.9. The first-order valence-corrected chi connectivity index (χ1v) is 14.5. The number of sulfone groups is 1. The minimum atomic E-state index is -2.81. The molecule has 9 heteroatoms. The standard InChI is InChI=1S/C26H32N6O2S/c1-17(2)24-22-13-19(18-5-9-31(10-6-18)21-7-11-35(33,34)12-8-21)3-4-23(22)30-25(24)20-14-27-26-28-16-29-32(26)15-20/h3-4,13-18,21,30H,5-12H2,1-2H3. The third kappa shape index (κ3) is 4.25. The molecule has 0 unspecified atom stereocenters. The number of likely N-dealkylation sites (tertiary alicyclic amines) is 1. The molecule has 1 aromatic carbocycles. The highest BCUT2D eigenvalue weighted by molar-refractivity contribution is 7.91. The number of benzene rings is 1. The molecule has 3 aromatic heterocycles. The van der Waals surface area contributed by atoms with Crippen LogP contribution in [0.1, 0.15) is 62.5 Å². The van der Waals surface area contributed by atoms with Crippen LogP contribution in [0.15, 0.2) is 36.9 Å². The third-order valence-electron chi connectivity index (χ3n) is 7.90. The zero-order valence-electron chi connectivity index (χ0n) is 20.3. The predicted molar refractivity (Wildman–Crippen MR) is 137 cm³/mol. The summed E-state index contributed by atoms with van der Waals surface area (Å²) in [6, 6.07) is 7.32. The van der Waals surface area contributed by atoms with E-state index < -0.39 is 9.84 Å². The molecule has 0 bridgehead atoms. The molecule has 2 aliphatic rings. The topological polar surface area (TPSA) is 96.2 Å². The summed E-state index contributed by atoms with van der Waals surface area (Å²) in [6.45, 7) is 6.57. The zero-order chi connectivity index (χ0) is 24.2. The van der Waals surface area contributed by atoms with Crippen LogP contribution in [0.4, 0.5) is 0 Å². The Hall–Kier alpha value is -2.78. The highest BCUT2D eigenvalue weighted by Crippen LogP contribution is 2.38. The van der Waals surface area contributed by atoms with Crippen molar-refractivity contribution in [3.63, 3.8) is 0 Å². The first-order valence-electron chi connectivity index (χ1n) is 12.6. The van der Waals surface area contributed by atoms with Gasteiger partial charge in [-0.1, -0.05) is 19.9 Å². The summed E-state index contributed by atoms with van der Waals surface area (Å²) < 4.78 is 25.3. The van der Waals surface area contributed by atoms with Crippen molar-refractivity contribution in [3.05, 3.63) is 48.0 Å². The number of hydrogen-bond donors (Lipinski definition) is 1. The molecule has 1 N–H and O–H groups in total. The van der Waals surface area contributed by atoms with Gasteiger partial charge in [0.05, 0.1) is 17.2 Å². The van der Waals surface area contributed by atoms with Crippen LogP contribution in [0, 0.1) is 0 Å². The Morgan fingerprint density at radius 1 is 1.06 bits per heavy atom. The maximum Gasteiger partial charge on any atom is 0.252 e. The van der Waals surface area contributed by atoms with Crippen molar-refractivity contribution in [2.24, 2.45) is 0 Å². The minimum Gasteiger partial charge on any atom is -0.354 e. The van der Waals surface area contributed by atoms with Crippen molar-refractivity contribution in [1.29, 1.82) is 0 Å². The molecular weight excluding hydrogens is 460 g/mol. The Bertz CT molecular complexity index is 1470. The lowest BCUT2D eigenvalue weighted by molar-refractivity contribution is 0.142. The van der Waals surface area contributed by atoms with Crippen molar-refractivity contribution >= 4 is 26.5 Å². The lowest BCUT2D eigenvalue weighted by Gasteiger charge is -2.39. The third-order valence-corrected chi connectivity index (χ3v) is 9.62. The van der Waals surface area contributed by atoms with Crippen LogP contribution < -0.4 is 0 Å². The van der Waals surface area contributed by atoms with E-state index in [4.69, 9.17) is 0 Å². The monoisotopic (exact) mass is 492 g/mol. The van der Waals surface area contributed by atoms with Gasteiger partial charge in [0.2, 0.25) is 0 Å². The summed E-state index contributed by atoms with van der Waals surface area (Å²) in [5.74, 6) is 2.18. The summed E-state index contributed by atoms with van der Waals surface area (Å²) in [5.41, 5.74) is 5.96. The second kappa shape index (κ2) is 8.71. The number of piperidine rings is 1. The van der Waals surface area contributed by atoms with E-state index in [2.05, 4.69) is 57.0 Å². The van der Waals surface area contributed by atoms with E-state index in [1.54, 1.807) is 4.52 Å². The predicted octanol–water partition coefficient (Wildman–Crippen LogP) is 4.15. The lowest BCUT2D eigenvalue weighted by Crippen LogP contribution is -2.44. The molecule has 8 nitrogen and oxygen atoms in total. The number of nitrogens with one attached hydrogen (secondary N) is 1. The molecule has 4 aromatic rings. The Kier molecular flexibility index (Phi) is 5.64. The van der Waals surface area contributed by atoms with Crippen molar-refractivity contribution in [1.82, 2.24) is 29.5 Å². The highest BCUT2D eigenvalue weighted by Gasteiger charge is 2.31. The normalized spacial score (nSPS) is 20.3. The molecule has 0 spiro atoms. The summed E-state index contributed by atoms with van der Waals surface area (Å²) in [7, 11) is -2.81. The van der Waals surface area contributed by atoms with E-state index >= 15 is 0 Å². The molecule has 0 saturated carbocycles. The summed E-state index contributed by atoms with van der Waals surface area (Å²) >= 11 is 0. The van der Waals surface area contributed by atoms with Gasteiger partial charge in [0.25, 0.3) is 5.78 Å². The number of aromatic amines is 1. The smallest absolute Gasteiger partial charge is 0.252 e. The number of nitrogens with zero attached hydrogens (tertiary/aromatic N) is 5. The van der Waals surface area contributed by atoms with Gasteiger partial charge in [-0.05, 0) is 73.9 Å². The number of H-pyrrole nitrogens is 1. The van der Waals surface area contributed by atoms with Crippen LogP contribution in [0.2, 0.25) is 0 Å². The van der Waals surface area contributed by atoms with Gasteiger partial charge in [0.15, 0.2) is 0 Å². The molecule has 5 heterocycles. The van der Waals surface area contributed by atoms with Gasteiger partial charge >= 0.3 is 0 Å². The molecule has 2 fully saturated rings. The fourth-order valence-corrected chi connectivity index (χ4v) is 7.47. The lowest BCUT2D eigenvalue weighted by atomic mass is 9.87. The van der Waals surface area contributed by atoms with E-state index in [1.165, 1.54) is 22.8 Å². The first kappa shape index (κ1) is 22.7. The zero-order valence-corrected chi connectivity index (χ0v) is 21.1. The number of hydrogen-bond acceptors (Lipinski definition) is 6.